The Labute approximate surface area is 392 Å². The summed E-state index contributed by atoms with van der Waals surface area (Å²) in [6.45, 7) is 7.71. The van der Waals surface area contributed by atoms with Gasteiger partial charge in [-0.05, 0) is 136 Å². The number of nitrogens with zero attached hydrogens (tertiary/aromatic N) is 3. The van der Waals surface area contributed by atoms with Crippen molar-refractivity contribution in [2.24, 2.45) is 13.5 Å². The molecule has 0 bridgehead atoms. The second kappa shape index (κ2) is 20.1. The second-order valence-electron chi connectivity index (χ2n) is 13.2. The fraction of sp³-hybridized carbons (Fsp3) is 0.0952. The van der Waals surface area contributed by atoms with Crippen LogP contribution in [0.5, 0.6) is 34.5 Å². The summed E-state index contributed by atoms with van der Waals surface area (Å²) in [7, 11) is -12.7. The molecule has 0 aliphatic carbocycles. The zero-order chi connectivity index (χ0) is 40.9. The Morgan fingerprint density at radius 2 is 0.517 bits per heavy atom. The van der Waals surface area contributed by atoms with Gasteiger partial charge in [0.1, 0.15) is 34.5 Å². The Morgan fingerprint density at radius 3 is 0.683 bits per heavy atom. The van der Waals surface area contributed by atoms with Crippen LogP contribution >= 0.6 is 23.0 Å². The van der Waals surface area contributed by atoms with Crippen molar-refractivity contribution in [2.45, 2.75) is 27.7 Å². The maximum atomic E-state index is 11.7. The number of hydrogen-bond donors (Lipinski definition) is 0. The fourth-order valence-corrected chi connectivity index (χ4v) is 14.3. The summed E-state index contributed by atoms with van der Waals surface area (Å²) >= 11 is 0. The Hall–Kier alpha value is -4.25. The van der Waals surface area contributed by atoms with E-state index in [0.717, 1.165) is 22.3 Å². The van der Waals surface area contributed by atoms with Gasteiger partial charge in [-0.1, -0.05) is 84.3 Å². The van der Waals surface area contributed by atoms with Crippen LogP contribution in [-0.2, 0) is 0 Å². The standard InChI is InChI=1S/C42H38N3O10P3.2Na/c1-29-5-17-35(18-6-29)50-56(51-36-19-7-30(2)8-20-36)43-57(52-37-21-9-31(3)10-22-37,54-39-25-13-33(14-26-39)41(46)47)45-58(44-56,53-38-23-11-32(4)12-24-38)55-40-27-15-34(16-28-40)42(48)49;;/h5-28H,1-4H3,(H,46,47)(H,48,49);;/q;2*+1/p-2. The third-order valence-corrected chi connectivity index (χ3v) is 16.4. The Bertz CT molecular complexity index is 2470. The van der Waals surface area contributed by atoms with Crippen molar-refractivity contribution >= 4 is 34.9 Å². The molecular weight excluding hydrogens is 845 g/mol. The number of aryl methyl sites for hydroxylation is 4. The number of carbonyl (C=O) groups excluding carboxylic acids is 2. The van der Waals surface area contributed by atoms with E-state index in [1.165, 1.54) is 48.5 Å². The average Bonchev–Trinajstić information content (AvgIpc) is 3.19. The summed E-state index contributed by atoms with van der Waals surface area (Å²) in [6.07, 6.45) is 0. The summed E-state index contributed by atoms with van der Waals surface area (Å²) in [4.78, 5) is 23.4. The first-order chi connectivity index (χ1) is 27.8. The van der Waals surface area contributed by atoms with Crippen molar-refractivity contribution in [1.82, 2.24) is 0 Å². The van der Waals surface area contributed by atoms with Crippen molar-refractivity contribution < 1.29 is 106 Å². The van der Waals surface area contributed by atoms with Crippen LogP contribution in [0.15, 0.2) is 159 Å². The number of hydrogen-bond acceptors (Lipinski definition) is 13. The predicted molar refractivity (Wildman–Crippen MR) is 218 cm³/mol. The van der Waals surface area contributed by atoms with Gasteiger partial charge in [0.15, 0.2) is 0 Å². The molecule has 13 nitrogen and oxygen atoms in total. The minimum Gasteiger partial charge on any atom is -0.545 e. The van der Waals surface area contributed by atoms with Crippen molar-refractivity contribution in [3.63, 3.8) is 0 Å². The number of aromatic carboxylic acids is 2. The molecule has 6 aromatic rings. The molecule has 1 aliphatic rings. The molecule has 0 fully saturated rings. The van der Waals surface area contributed by atoms with Crippen LogP contribution in [0.3, 0.4) is 0 Å². The molecule has 0 saturated carbocycles. The van der Waals surface area contributed by atoms with Gasteiger partial charge in [0, 0.05) is 0 Å². The SMILES string of the molecule is Cc1ccc(OP2(Oc3ccc(C)cc3)=NP(Oc3ccc(C)cc3)(Oc3ccc(C(=O)[O-])cc3)=NP(Oc3ccc(C)cc3)(Oc3ccc(C(=O)[O-])cc3)=N2)cc1.[Na+].[Na+]. The minimum atomic E-state index is -4.24. The zero-order valence-electron chi connectivity index (χ0n) is 33.6. The molecule has 0 amide bonds. The van der Waals surface area contributed by atoms with Gasteiger partial charge in [-0.3, -0.25) is 0 Å². The number of benzene rings is 6. The van der Waals surface area contributed by atoms with E-state index in [2.05, 4.69) is 0 Å². The van der Waals surface area contributed by atoms with Crippen LogP contribution in [0.4, 0.5) is 0 Å². The first kappa shape index (κ1) is 46.8. The van der Waals surface area contributed by atoms with Crippen LogP contribution in [0.25, 0.3) is 0 Å². The van der Waals surface area contributed by atoms with Gasteiger partial charge in [0.2, 0.25) is 0 Å². The molecule has 2 unspecified atom stereocenters. The summed E-state index contributed by atoms with van der Waals surface area (Å²) < 4.78 is 55.9. The largest absolute Gasteiger partial charge is 1.00 e. The van der Waals surface area contributed by atoms with E-state index in [1.807, 2.05) is 76.2 Å². The average molecular weight is 882 g/mol. The summed E-state index contributed by atoms with van der Waals surface area (Å²) in [6, 6.07) is 39.6. The van der Waals surface area contributed by atoms with Gasteiger partial charge in [-0.2, -0.15) is 0 Å². The molecule has 1 heterocycles. The molecule has 1 aliphatic heterocycles. The predicted octanol–water partition coefficient (Wildman–Crippen LogP) is 4.28. The fourth-order valence-electron chi connectivity index (χ4n) is 5.28. The van der Waals surface area contributed by atoms with Crippen molar-refractivity contribution in [3.8, 4) is 34.5 Å². The zero-order valence-corrected chi connectivity index (χ0v) is 40.3. The Kier molecular flexibility index (Phi) is 15.7. The first-order valence-corrected chi connectivity index (χ1v) is 22.4. The van der Waals surface area contributed by atoms with Crippen LogP contribution in [0, 0.1) is 27.7 Å². The van der Waals surface area contributed by atoms with Crippen LogP contribution < -0.4 is 96.5 Å². The van der Waals surface area contributed by atoms with Gasteiger partial charge in [0.05, 0.1) is 11.9 Å². The molecule has 0 aromatic heterocycles. The summed E-state index contributed by atoms with van der Waals surface area (Å²) in [5.41, 5.74) is 3.65. The normalized spacial score (nSPS) is 17.3. The molecule has 2 atom stereocenters. The van der Waals surface area contributed by atoms with Crippen molar-refractivity contribution in [3.05, 3.63) is 179 Å². The maximum absolute atomic E-state index is 11.7. The minimum absolute atomic E-state index is 0. The number of rotatable bonds is 14. The third kappa shape index (κ3) is 12.0. The second-order valence-corrected chi connectivity index (χ2v) is 19.3. The molecule has 18 heteroatoms. The monoisotopic (exact) mass is 881 g/mol. The van der Waals surface area contributed by atoms with Crippen molar-refractivity contribution in [1.29, 1.82) is 0 Å². The Morgan fingerprint density at radius 1 is 0.350 bits per heavy atom. The quantitative estimate of drug-likeness (QED) is 0.114. The third-order valence-electron chi connectivity index (χ3n) is 8.29. The van der Waals surface area contributed by atoms with Gasteiger partial charge >= 0.3 is 82.1 Å². The van der Waals surface area contributed by atoms with E-state index in [1.54, 1.807) is 48.5 Å². The van der Waals surface area contributed by atoms with Crippen LogP contribution in [0.2, 0.25) is 0 Å². The number of carbonyl (C=O) groups is 2. The first-order valence-electron chi connectivity index (χ1n) is 17.8. The molecule has 0 radical (unpaired) electrons. The maximum Gasteiger partial charge on any atom is 1.00 e. The van der Waals surface area contributed by atoms with E-state index in [0.29, 0.717) is 23.0 Å². The van der Waals surface area contributed by atoms with Crippen LogP contribution in [-0.4, -0.2) is 11.9 Å². The molecule has 296 valence electrons. The molecule has 60 heavy (non-hydrogen) atoms. The Balaban J connectivity index is 0.00000341. The smallest absolute Gasteiger partial charge is 0.545 e. The van der Waals surface area contributed by atoms with E-state index in [4.69, 9.17) is 40.7 Å². The molecule has 7 rings (SSSR count). The van der Waals surface area contributed by atoms with Gasteiger partial charge in [-0.25, -0.2) is 0 Å². The van der Waals surface area contributed by atoms with E-state index in [9.17, 15) is 19.8 Å². The molecule has 0 spiro atoms. The van der Waals surface area contributed by atoms with Gasteiger partial charge in [-0.15, -0.1) is 0 Å². The van der Waals surface area contributed by atoms with Gasteiger partial charge < -0.3 is 46.9 Å². The van der Waals surface area contributed by atoms with Crippen LogP contribution in [0.1, 0.15) is 43.0 Å². The van der Waals surface area contributed by atoms with E-state index >= 15 is 0 Å². The number of carboxylic acids is 2. The molecular formula is C42H36N3Na2O10P3. The van der Waals surface area contributed by atoms with E-state index < -0.39 is 34.9 Å². The van der Waals surface area contributed by atoms with E-state index in [-0.39, 0.29) is 81.7 Å². The molecule has 6 aromatic carbocycles. The van der Waals surface area contributed by atoms with Gasteiger partial charge in [0.25, 0.3) is 0 Å². The number of carboxylic acid groups (broad SMARTS) is 2. The summed E-state index contributed by atoms with van der Waals surface area (Å²) in [5, 5.41) is 23.4. The molecule has 0 saturated heterocycles. The molecule has 0 N–H and O–H groups in total. The van der Waals surface area contributed by atoms with Crippen molar-refractivity contribution in [2.75, 3.05) is 0 Å². The summed E-state index contributed by atoms with van der Waals surface area (Å²) in [5.74, 6) is -1.25. The topological polar surface area (TPSA) is 173 Å².